The lowest BCUT2D eigenvalue weighted by Gasteiger charge is -2.21. The van der Waals surface area contributed by atoms with Crippen molar-refractivity contribution in [3.05, 3.63) is 90.0 Å². The molecule has 0 unspecified atom stereocenters. The van der Waals surface area contributed by atoms with E-state index in [2.05, 4.69) is 5.32 Å². The van der Waals surface area contributed by atoms with Gasteiger partial charge in [-0.1, -0.05) is 54.6 Å². The summed E-state index contributed by atoms with van der Waals surface area (Å²) in [5.74, 6) is -1.30. The first-order valence-electron chi connectivity index (χ1n) is 8.99. The summed E-state index contributed by atoms with van der Waals surface area (Å²) in [6, 6.07) is 23.0. The van der Waals surface area contributed by atoms with Crippen molar-refractivity contribution in [3.8, 4) is 11.1 Å². The number of benzene rings is 3. The average Bonchev–Trinajstić information content (AvgIpc) is 2.99. The van der Waals surface area contributed by atoms with Crippen LogP contribution in [0, 0.1) is 0 Å². The van der Waals surface area contributed by atoms with Crippen LogP contribution in [0.2, 0.25) is 0 Å². The monoisotopic (exact) mass is 370 g/mol. The topological polar surface area (TPSA) is 66.5 Å². The van der Waals surface area contributed by atoms with Crippen molar-refractivity contribution in [2.45, 2.75) is 13.0 Å². The minimum atomic E-state index is -0.916. The first-order valence-corrected chi connectivity index (χ1v) is 8.99. The Balaban J connectivity index is 1.48. The van der Waals surface area contributed by atoms with Crippen molar-refractivity contribution in [1.82, 2.24) is 4.90 Å². The fourth-order valence-electron chi connectivity index (χ4n) is 3.30. The molecule has 0 spiro atoms. The third-order valence-corrected chi connectivity index (χ3v) is 4.85. The van der Waals surface area contributed by atoms with Crippen LogP contribution in [0.1, 0.15) is 27.6 Å². The summed E-state index contributed by atoms with van der Waals surface area (Å²) in [5.41, 5.74) is 3.39. The third kappa shape index (κ3) is 3.07. The second kappa shape index (κ2) is 7.12. The van der Waals surface area contributed by atoms with Crippen LogP contribution in [0.4, 0.5) is 5.69 Å². The van der Waals surface area contributed by atoms with E-state index in [-0.39, 0.29) is 0 Å². The molecule has 5 heteroatoms. The number of nitrogens with zero attached hydrogens (tertiary/aromatic N) is 1. The van der Waals surface area contributed by atoms with Crippen molar-refractivity contribution in [1.29, 1.82) is 0 Å². The number of anilines is 1. The zero-order valence-electron chi connectivity index (χ0n) is 15.3. The first-order chi connectivity index (χ1) is 13.6. The number of fused-ring (bicyclic) bond motifs is 1. The molecule has 0 saturated heterocycles. The van der Waals surface area contributed by atoms with Gasteiger partial charge in [-0.15, -0.1) is 0 Å². The molecule has 138 valence electrons. The zero-order chi connectivity index (χ0) is 19.7. The van der Waals surface area contributed by atoms with Gasteiger partial charge in [0.1, 0.15) is 6.04 Å². The van der Waals surface area contributed by atoms with Gasteiger partial charge in [0, 0.05) is 5.69 Å². The molecular formula is C23H18N2O3. The van der Waals surface area contributed by atoms with Crippen LogP contribution in [0.15, 0.2) is 78.9 Å². The molecule has 4 rings (SSSR count). The summed E-state index contributed by atoms with van der Waals surface area (Å²) < 4.78 is 0. The molecule has 0 radical (unpaired) electrons. The zero-order valence-corrected chi connectivity index (χ0v) is 15.3. The average molecular weight is 370 g/mol. The van der Waals surface area contributed by atoms with Gasteiger partial charge in [-0.25, -0.2) is 0 Å². The number of imide groups is 1. The number of rotatable bonds is 4. The first kappa shape index (κ1) is 17.7. The SMILES string of the molecule is C[C@H](C(=O)Nc1ccc(-c2ccccc2)cc1)N1C(=O)c2ccccc2C1=O. The normalized spacial score (nSPS) is 14.0. The maximum absolute atomic E-state index is 12.6. The van der Waals surface area contributed by atoms with Gasteiger partial charge in [0.2, 0.25) is 5.91 Å². The molecule has 1 N–H and O–H groups in total. The van der Waals surface area contributed by atoms with Gasteiger partial charge in [-0.05, 0) is 42.3 Å². The Kier molecular flexibility index (Phi) is 4.49. The lowest BCUT2D eigenvalue weighted by atomic mass is 10.1. The van der Waals surface area contributed by atoms with Crippen LogP contribution in [0.25, 0.3) is 11.1 Å². The molecule has 0 aliphatic carbocycles. The van der Waals surface area contributed by atoms with Gasteiger partial charge >= 0.3 is 0 Å². The fraction of sp³-hybridized carbons (Fsp3) is 0.0870. The second-order valence-corrected chi connectivity index (χ2v) is 6.63. The van der Waals surface area contributed by atoms with Gasteiger partial charge in [-0.3, -0.25) is 19.3 Å². The van der Waals surface area contributed by atoms with Gasteiger partial charge < -0.3 is 5.32 Å². The smallest absolute Gasteiger partial charge is 0.262 e. The van der Waals surface area contributed by atoms with Crippen molar-refractivity contribution in [2.24, 2.45) is 0 Å². The van der Waals surface area contributed by atoms with E-state index in [0.29, 0.717) is 16.8 Å². The predicted molar refractivity (Wildman–Crippen MR) is 107 cm³/mol. The highest BCUT2D eigenvalue weighted by Crippen LogP contribution is 2.25. The number of hydrogen-bond acceptors (Lipinski definition) is 3. The highest BCUT2D eigenvalue weighted by Gasteiger charge is 2.40. The molecule has 1 aliphatic rings. The molecule has 1 aliphatic heterocycles. The molecule has 0 bridgehead atoms. The maximum atomic E-state index is 12.6. The molecule has 5 nitrogen and oxygen atoms in total. The van der Waals surface area contributed by atoms with Gasteiger partial charge in [0.05, 0.1) is 11.1 Å². The largest absolute Gasteiger partial charge is 0.324 e. The van der Waals surface area contributed by atoms with Gasteiger partial charge in [-0.2, -0.15) is 0 Å². The lowest BCUT2D eigenvalue weighted by molar-refractivity contribution is -0.119. The summed E-state index contributed by atoms with van der Waals surface area (Å²) in [6.07, 6.45) is 0. The number of nitrogens with one attached hydrogen (secondary N) is 1. The Morgan fingerprint density at radius 2 is 1.25 bits per heavy atom. The summed E-state index contributed by atoms with van der Waals surface area (Å²) in [4.78, 5) is 38.7. The Morgan fingerprint density at radius 1 is 0.750 bits per heavy atom. The minimum absolute atomic E-state index is 0.333. The van der Waals surface area contributed by atoms with Crippen LogP contribution in [0.3, 0.4) is 0 Å². The summed E-state index contributed by atoms with van der Waals surface area (Å²) in [6.45, 7) is 1.55. The molecule has 3 aromatic rings. The van der Waals surface area contributed by atoms with Crippen molar-refractivity contribution in [3.63, 3.8) is 0 Å². The van der Waals surface area contributed by atoms with Crippen LogP contribution < -0.4 is 5.32 Å². The van der Waals surface area contributed by atoms with E-state index in [1.165, 1.54) is 0 Å². The highest BCUT2D eigenvalue weighted by molar-refractivity contribution is 6.23. The van der Waals surface area contributed by atoms with E-state index in [1.54, 1.807) is 43.3 Å². The van der Waals surface area contributed by atoms with E-state index >= 15 is 0 Å². The Bertz CT molecular complexity index is 1020. The lowest BCUT2D eigenvalue weighted by Crippen LogP contribution is -2.45. The van der Waals surface area contributed by atoms with E-state index < -0.39 is 23.8 Å². The number of hydrogen-bond donors (Lipinski definition) is 1. The fourth-order valence-corrected chi connectivity index (χ4v) is 3.30. The molecule has 0 saturated carbocycles. The Labute approximate surface area is 162 Å². The standard InChI is InChI=1S/C23H18N2O3/c1-15(25-22(27)19-9-5-6-10-20(19)23(25)28)21(26)24-18-13-11-17(12-14-18)16-7-3-2-4-8-16/h2-15H,1H3,(H,24,26)/t15-/m1/s1. The van der Waals surface area contributed by atoms with Crippen LogP contribution >= 0.6 is 0 Å². The Morgan fingerprint density at radius 3 is 1.82 bits per heavy atom. The van der Waals surface area contributed by atoms with E-state index in [4.69, 9.17) is 0 Å². The Hall–Kier alpha value is -3.73. The molecule has 1 heterocycles. The van der Waals surface area contributed by atoms with E-state index in [0.717, 1.165) is 16.0 Å². The van der Waals surface area contributed by atoms with Crippen LogP contribution in [-0.2, 0) is 4.79 Å². The number of carbonyl (C=O) groups excluding carboxylic acids is 3. The molecular weight excluding hydrogens is 352 g/mol. The molecule has 3 amide bonds. The second-order valence-electron chi connectivity index (χ2n) is 6.63. The number of carbonyl (C=O) groups is 3. The quantitative estimate of drug-likeness (QED) is 0.707. The van der Waals surface area contributed by atoms with Crippen molar-refractivity contribution >= 4 is 23.4 Å². The molecule has 3 aromatic carbocycles. The van der Waals surface area contributed by atoms with E-state index in [1.807, 2.05) is 42.5 Å². The number of amides is 3. The minimum Gasteiger partial charge on any atom is -0.324 e. The highest BCUT2D eigenvalue weighted by atomic mass is 16.2. The maximum Gasteiger partial charge on any atom is 0.262 e. The van der Waals surface area contributed by atoms with Crippen molar-refractivity contribution < 1.29 is 14.4 Å². The molecule has 0 fully saturated rings. The van der Waals surface area contributed by atoms with Crippen LogP contribution in [0.5, 0.6) is 0 Å². The summed E-state index contributed by atoms with van der Waals surface area (Å²) in [5, 5.41) is 2.78. The van der Waals surface area contributed by atoms with Crippen LogP contribution in [-0.4, -0.2) is 28.7 Å². The van der Waals surface area contributed by atoms with Crippen molar-refractivity contribution in [2.75, 3.05) is 5.32 Å². The molecule has 0 aromatic heterocycles. The van der Waals surface area contributed by atoms with E-state index in [9.17, 15) is 14.4 Å². The summed E-state index contributed by atoms with van der Waals surface area (Å²) in [7, 11) is 0. The van der Waals surface area contributed by atoms with Gasteiger partial charge in [0.25, 0.3) is 11.8 Å². The predicted octanol–water partition coefficient (Wildman–Crippen LogP) is 3.98. The molecule has 1 atom stereocenters. The molecule has 28 heavy (non-hydrogen) atoms. The summed E-state index contributed by atoms with van der Waals surface area (Å²) >= 11 is 0. The third-order valence-electron chi connectivity index (χ3n) is 4.85. The van der Waals surface area contributed by atoms with Gasteiger partial charge in [0.15, 0.2) is 0 Å².